The Morgan fingerprint density at radius 3 is 2.12 bits per heavy atom. The Balaban J connectivity index is 2.03. The van der Waals surface area contributed by atoms with Crippen LogP contribution in [0.5, 0.6) is 5.75 Å². The van der Waals surface area contributed by atoms with Crippen molar-refractivity contribution in [1.82, 2.24) is 0 Å². The minimum absolute atomic E-state index is 0.214. The summed E-state index contributed by atoms with van der Waals surface area (Å²) in [6, 6.07) is 16.5. The summed E-state index contributed by atoms with van der Waals surface area (Å²) in [6.45, 7) is 4.28. The molecule has 0 unspecified atom stereocenters. The zero-order chi connectivity index (χ0) is 17.4. The van der Waals surface area contributed by atoms with Crippen LogP contribution in [0.15, 0.2) is 60.7 Å². The van der Waals surface area contributed by atoms with Crippen molar-refractivity contribution in [3.63, 3.8) is 0 Å². The third-order valence-corrected chi connectivity index (χ3v) is 4.53. The van der Waals surface area contributed by atoms with Crippen LogP contribution in [0.2, 0.25) is 0 Å². The van der Waals surface area contributed by atoms with Crippen LogP contribution in [0, 0.1) is 0 Å². The summed E-state index contributed by atoms with van der Waals surface area (Å²) < 4.78 is 5.23. The molecule has 0 atom stereocenters. The van der Waals surface area contributed by atoms with Gasteiger partial charge in [0.15, 0.2) is 0 Å². The number of rotatable bonds is 7. The summed E-state index contributed by atoms with van der Waals surface area (Å²) in [5.74, 6) is 0.869. The number of ether oxygens (including phenoxy) is 1. The Kier molecular flexibility index (Phi) is 6.39. The predicted molar refractivity (Wildman–Crippen MR) is 104 cm³/mol. The molecule has 0 heterocycles. The van der Waals surface area contributed by atoms with Gasteiger partial charge in [-0.2, -0.15) is 0 Å². The van der Waals surface area contributed by atoms with Crippen molar-refractivity contribution < 1.29 is 4.74 Å². The maximum absolute atomic E-state index is 6.44. The van der Waals surface area contributed by atoms with E-state index >= 15 is 0 Å². The molecule has 0 amide bonds. The molecule has 0 saturated carbocycles. The van der Waals surface area contributed by atoms with E-state index in [9.17, 15) is 0 Å². The molecule has 0 saturated heterocycles. The minimum atomic E-state index is -0.214. The van der Waals surface area contributed by atoms with E-state index in [-0.39, 0.29) is 5.54 Å². The van der Waals surface area contributed by atoms with Gasteiger partial charge in [0.25, 0.3) is 0 Å². The molecule has 0 bridgehead atoms. The molecule has 2 aromatic carbocycles. The highest BCUT2D eigenvalue weighted by atomic mass is 16.5. The smallest absolute Gasteiger partial charge is 0.119 e. The van der Waals surface area contributed by atoms with E-state index < -0.39 is 0 Å². The molecule has 24 heavy (non-hydrogen) atoms. The molecular weight excluding hydrogens is 294 g/mol. The van der Waals surface area contributed by atoms with E-state index in [0.29, 0.717) is 0 Å². The number of hydrogen-bond donors (Lipinski definition) is 1. The fourth-order valence-corrected chi connectivity index (χ4v) is 2.66. The van der Waals surface area contributed by atoms with Gasteiger partial charge in [0.05, 0.1) is 7.11 Å². The number of hydrogen-bond acceptors (Lipinski definition) is 2. The Hall–Kier alpha value is -2.32. The molecule has 2 N–H and O–H groups in total. The van der Waals surface area contributed by atoms with Crippen LogP contribution >= 0.6 is 0 Å². The van der Waals surface area contributed by atoms with E-state index in [1.165, 1.54) is 11.1 Å². The van der Waals surface area contributed by atoms with Crippen LogP contribution in [0.4, 0.5) is 0 Å². The van der Waals surface area contributed by atoms with Gasteiger partial charge in [-0.3, -0.25) is 0 Å². The normalized spacial score (nSPS) is 12.2. The molecule has 0 spiro atoms. The summed E-state index contributed by atoms with van der Waals surface area (Å²) in [5.41, 5.74) is 9.72. The molecule has 0 aliphatic heterocycles. The van der Waals surface area contributed by atoms with E-state index in [4.69, 9.17) is 10.5 Å². The summed E-state index contributed by atoms with van der Waals surface area (Å²) in [6.07, 6.45) is 10.1. The highest BCUT2D eigenvalue weighted by Gasteiger charge is 2.22. The lowest BCUT2D eigenvalue weighted by molar-refractivity contribution is 0.413. The Morgan fingerprint density at radius 1 is 0.917 bits per heavy atom. The van der Waals surface area contributed by atoms with Gasteiger partial charge in [-0.1, -0.05) is 74.5 Å². The van der Waals surface area contributed by atoms with Gasteiger partial charge in [0.1, 0.15) is 5.75 Å². The zero-order valence-electron chi connectivity index (χ0n) is 14.8. The van der Waals surface area contributed by atoms with Gasteiger partial charge in [-0.25, -0.2) is 0 Å². The van der Waals surface area contributed by atoms with Gasteiger partial charge in [0, 0.05) is 5.54 Å². The molecule has 2 nitrogen and oxygen atoms in total. The maximum atomic E-state index is 6.44. The van der Waals surface area contributed by atoms with Crippen LogP contribution in [0.1, 0.15) is 43.4 Å². The van der Waals surface area contributed by atoms with Gasteiger partial charge in [-0.05, 0) is 41.7 Å². The van der Waals surface area contributed by atoms with Crippen molar-refractivity contribution in [2.75, 3.05) is 7.11 Å². The fourth-order valence-electron chi connectivity index (χ4n) is 2.66. The Morgan fingerprint density at radius 2 is 1.54 bits per heavy atom. The van der Waals surface area contributed by atoms with Gasteiger partial charge < -0.3 is 10.5 Å². The van der Waals surface area contributed by atoms with Crippen LogP contribution < -0.4 is 10.5 Å². The maximum Gasteiger partial charge on any atom is 0.119 e. The molecule has 2 heteroatoms. The number of benzene rings is 2. The highest BCUT2D eigenvalue weighted by Crippen LogP contribution is 2.25. The molecule has 2 aromatic rings. The second kappa shape index (κ2) is 8.51. The first kappa shape index (κ1) is 18.0. The highest BCUT2D eigenvalue weighted by molar-refractivity contribution is 5.58. The molecule has 0 aliphatic rings. The predicted octanol–water partition coefficient (Wildman–Crippen LogP) is 5.40. The quantitative estimate of drug-likeness (QED) is 0.693. The van der Waals surface area contributed by atoms with Crippen LogP contribution in [-0.4, -0.2) is 7.11 Å². The van der Waals surface area contributed by atoms with Crippen LogP contribution in [0.3, 0.4) is 0 Å². The Labute approximate surface area is 145 Å². The largest absolute Gasteiger partial charge is 0.497 e. The lowest BCUT2D eigenvalue weighted by Gasteiger charge is -2.27. The summed E-state index contributed by atoms with van der Waals surface area (Å²) in [5, 5.41) is 0. The van der Waals surface area contributed by atoms with Crippen molar-refractivity contribution in [3.8, 4) is 5.75 Å². The third-order valence-electron chi connectivity index (χ3n) is 4.53. The second-order valence-electron chi connectivity index (χ2n) is 5.98. The SMILES string of the molecule is CCC(N)(CC)c1ccc(/C=C/C=C/c2cccc(OC)c2)cc1. The van der Waals surface area contributed by atoms with E-state index in [1.807, 2.05) is 30.4 Å². The molecular formula is C22H27NO. The van der Waals surface area contributed by atoms with Crippen molar-refractivity contribution in [1.29, 1.82) is 0 Å². The van der Waals surface area contributed by atoms with Crippen molar-refractivity contribution >= 4 is 12.2 Å². The lowest BCUT2D eigenvalue weighted by Crippen LogP contribution is -2.34. The molecule has 0 radical (unpaired) electrons. The monoisotopic (exact) mass is 321 g/mol. The molecule has 126 valence electrons. The molecule has 2 rings (SSSR count). The summed E-state index contributed by atoms with van der Waals surface area (Å²) >= 11 is 0. The minimum Gasteiger partial charge on any atom is -0.497 e. The van der Waals surface area contributed by atoms with Crippen molar-refractivity contribution in [2.24, 2.45) is 5.73 Å². The van der Waals surface area contributed by atoms with Crippen LogP contribution in [0.25, 0.3) is 12.2 Å². The number of allylic oxidation sites excluding steroid dienone is 2. The Bertz CT molecular complexity index is 694. The molecule has 0 aliphatic carbocycles. The van der Waals surface area contributed by atoms with Gasteiger partial charge in [0.2, 0.25) is 0 Å². The first-order valence-electron chi connectivity index (χ1n) is 8.49. The summed E-state index contributed by atoms with van der Waals surface area (Å²) in [7, 11) is 1.68. The first-order valence-corrected chi connectivity index (χ1v) is 8.49. The van der Waals surface area contributed by atoms with Crippen LogP contribution in [-0.2, 0) is 5.54 Å². The van der Waals surface area contributed by atoms with E-state index in [2.05, 4.69) is 56.3 Å². The summed E-state index contributed by atoms with van der Waals surface area (Å²) in [4.78, 5) is 0. The molecule has 0 fully saturated rings. The van der Waals surface area contributed by atoms with Gasteiger partial charge >= 0.3 is 0 Å². The van der Waals surface area contributed by atoms with Crippen molar-refractivity contribution in [2.45, 2.75) is 32.2 Å². The van der Waals surface area contributed by atoms with E-state index in [0.717, 1.165) is 24.2 Å². The third kappa shape index (κ3) is 4.59. The first-order chi connectivity index (χ1) is 11.6. The molecule has 0 aromatic heterocycles. The number of nitrogens with two attached hydrogens (primary N) is 1. The van der Waals surface area contributed by atoms with E-state index in [1.54, 1.807) is 7.11 Å². The standard InChI is InChI=1S/C22H27NO/c1-4-22(23,5-2)20-15-13-18(14-16-20)9-6-7-10-19-11-8-12-21(17-19)24-3/h6-17H,4-5,23H2,1-3H3/b9-6+,10-7+. The average Bonchev–Trinajstić information content (AvgIpc) is 2.65. The second-order valence-corrected chi connectivity index (χ2v) is 5.98. The average molecular weight is 321 g/mol. The number of methoxy groups -OCH3 is 1. The topological polar surface area (TPSA) is 35.2 Å². The van der Waals surface area contributed by atoms with Crippen molar-refractivity contribution in [3.05, 3.63) is 77.4 Å². The van der Waals surface area contributed by atoms with Gasteiger partial charge in [-0.15, -0.1) is 0 Å². The zero-order valence-corrected chi connectivity index (χ0v) is 14.8. The fraction of sp³-hybridized carbons (Fsp3) is 0.273. The lowest BCUT2D eigenvalue weighted by atomic mass is 9.85.